The molecule has 62 valence electrons. The molecule has 1 aromatic heterocycles. The van der Waals surface area contributed by atoms with Gasteiger partial charge in [-0.3, -0.25) is 0 Å². The third-order valence-corrected chi connectivity index (χ3v) is 1.94. The lowest BCUT2D eigenvalue weighted by molar-refractivity contribution is 0.703. The Kier molecular flexibility index (Phi) is 4.08. The highest BCUT2D eigenvalue weighted by molar-refractivity contribution is 7.98. The van der Waals surface area contributed by atoms with Crippen LogP contribution in [0.4, 0.5) is 0 Å². The number of nitrogens with one attached hydrogen (secondary N) is 2. The Morgan fingerprint density at radius 2 is 2.64 bits per heavy atom. The van der Waals surface area contributed by atoms with Crippen LogP contribution in [0, 0.1) is 0 Å². The standard InChI is InChI=1S/C7H13N3S/c1-11-5-4-8-6-7-9-2-3-10-7/h2-3,8H,4-6H2,1H3,(H,9,10). The SMILES string of the molecule is CSCCNCc1ncc[nH]1. The fourth-order valence-electron chi connectivity index (χ4n) is 0.776. The van der Waals surface area contributed by atoms with Gasteiger partial charge in [0.25, 0.3) is 0 Å². The van der Waals surface area contributed by atoms with E-state index in [2.05, 4.69) is 21.5 Å². The van der Waals surface area contributed by atoms with E-state index in [1.807, 2.05) is 18.0 Å². The molecule has 0 saturated heterocycles. The number of aromatic amines is 1. The van der Waals surface area contributed by atoms with Gasteiger partial charge in [0.1, 0.15) is 5.82 Å². The van der Waals surface area contributed by atoms with Crippen LogP contribution < -0.4 is 5.32 Å². The Morgan fingerprint density at radius 1 is 1.73 bits per heavy atom. The Labute approximate surface area is 71.0 Å². The highest BCUT2D eigenvalue weighted by atomic mass is 32.2. The van der Waals surface area contributed by atoms with Crippen molar-refractivity contribution in [2.75, 3.05) is 18.6 Å². The molecule has 2 N–H and O–H groups in total. The molecule has 0 aliphatic heterocycles. The number of H-pyrrole nitrogens is 1. The first-order valence-electron chi connectivity index (χ1n) is 3.61. The molecule has 1 heterocycles. The molecule has 1 rings (SSSR count). The van der Waals surface area contributed by atoms with Gasteiger partial charge in [-0.05, 0) is 6.26 Å². The van der Waals surface area contributed by atoms with Gasteiger partial charge in [0, 0.05) is 24.7 Å². The van der Waals surface area contributed by atoms with Crippen LogP contribution >= 0.6 is 11.8 Å². The summed E-state index contributed by atoms with van der Waals surface area (Å²) in [6.07, 6.45) is 5.71. The lowest BCUT2D eigenvalue weighted by Gasteiger charge is -1.99. The molecule has 0 atom stereocenters. The summed E-state index contributed by atoms with van der Waals surface area (Å²) in [5.41, 5.74) is 0. The van der Waals surface area contributed by atoms with Gasteiger partial charge < -0.3 is 10.3 Å². The monoisotopic (exact) mass is 171 g/mol. The van der Waals surface area contributed by atoms with Crippen molar-refractivity contribution in [2.24, 2.45) is 0 Å². The average molecular weight is 171 g/mol. The summed E-state index contributed by atoms with van der Waals surface area (Å²) in [7, 11) is 0. The smallest absolute Gasteiger partial charge is 0.120 e. The summed E-state index contributed by atoms with van der Waals surface area (Å²) in [5.74, 6) is 2.16. The van der Waals surface area contributed by atoms with Gasteiger partial charge in [-0.1, -0.05) is 0 Å². The highest BCUT2D eigenvalue weighted by Gasteiger charge is 1.91. The fourth-order valence-corrected chi connectivity index (χ4v) is 1.12. The van der Waals surface area contributed by atoms with Crippen molar-refractivity contribution < 1.29 is 0 Å². The van der Waals surface area contributed by atoms with E-state index >= 15 is 0 Å². The molecular formula is C7H13N3S. The molecule has 0 aliphatic carbocycles. The Hall–Kier alpha value is -0.480. The normalized spacial score (nSPS) is 10.3. The molecule has 0 aliphatic rings. The molecule has 0 unspecified atom stereocenters. The van der Waals surface area contributed by atoms with Gasteiger partial charge in [-0.2, -0.15) is 11.8 Å². The lowest BCUT2D eigenvalue weighted by Crippen LogP contribution is -2.17. The van der Waals surface area contributed by atoms with Crippen molar-refractivity contribution in [1.82, 2.24) is 15.3 Å². The number of thioether (sulfide) groups is 1. The molecular weight excluding hydrogens is 158 g/mol. The molecule has 11 heavy (non-hydrogen) atoms. The van der Waals surface area contributed by atoms with Crippen LogP contribution in [0.15, 0.2) is 12.4 Å². The zero-order valence-corrected chi connectivity index (χ0v) is 7.45. The van der Waals surface area contributed by atoms with Gasteiger partial charge in [-0.25, -0.2) is 4.98 Å². The minimum atomic E-state index is 0.841. The van der Waals surface area contributed by atoms with Crippen LogP contribution in [-0.2, 0) is 6.54 Å². The second kappa shape index (κ2) is 5.21. The predicted octanol–water partition coefficient (Wildman–Crippen LogP) is 0.862. The highest BCUT2D eigenvalue weighted by Crippen LogP contribution is 1.89. The van der Waals surface area contributed by atoms with Gasteiger partial charge >= 0.3 is 0 Å². The van der Waals surface area contributed by atoms with Crippen LogP contribution in [0.1, 0.15) is 5.82 Å². The number of hydrogen-bond acceptors (Lipinski definition) is 3. The van der Waals surface area contributed by atoms with E-state index in [9.17, 15) is 0 Å². The van der Waals surface area contributed by atoms with Crippen LogP contribution in [0.3, 0.4) is 0 Å². The van der Waals surface area contributed by atoms with Crippen molar-refractivity contribution in [2.45, 2.75) is 6.54 Å². The Morgan fingerprint density at radius 3 is 3.27 bits per heavy atom. The van der Waals surface area contributed by atoms with Gasteiger partial charge in [0.2, 0.25) is 0 Å². The van der Waals surface area contributed by atoms with Crippen LogP contribution in [0.25, 0.3) is 0 Å². The van der Waals surface area contributed by atoms with Crippen molar-refractivity contribution in [1.29, 1.82) is 0 Å². The molecule has 1 aromatic rings. The first-order chi connectivity index (χ1) is 5.43. The zero-order valence-electron chi connectivity index (χ0n) is 6.63. The summed E-state index contributed by atoms with van der Waals surface area (Å²) in [5, 5.41) is 3.27. The zero-order chi connectivity index (χ0) is 7.94. The second-order valence-electron chi connectivity index (χ2n) is 2.21. The largest absolute Gasteiger partial charge is 0.348 e. The molecule has 0 spiro atoms. The first-order valence-corrected chi connectivity index (χ1v) is 5.01. The van der Waals surface area contributed by atoms with E-state index in [0.717, 1.165) is 24.7 Å². The third-order valence-electron chi connectivity index (χ3n) is 1.33. The molecule has 0 fully saturated rings. The van der Waals surface area contributed by atoms with E-state index in [1.165, 1.54) is 0 Å². The summed E-state index contributed by atoms with van der Waals surface area (Å²) < 4.78 is 0. The van der Waals surface area contributed by atoms with E-state index in [-0.39, 0.29) is 0 Å². The van der Waals surface area contributed by atoms with E-state index in [0.29, 0.717) is 0 Å². The summed E-state index contributed by atoms with van der Waals surface area (Å²) in [4.78, 5) is 7.12. The molecule has 0 radical (unpaired) electrons. The topological polar surface area (TPSA) is 40.7 Å². The van der Waals surface area contributed by atoms with Crippen LogP contribution in [0.2, 0.25) is 0 Å². The van der Waals surface area contributed by atoms with E-state index in [4.69, 9.17) is 0 Å². The van der Waals surface area contributed by atoms with Crippen molar-refractivity contribution in [3.05, 3.63) is 18.2 Å². The predicted molar refractivity (Wildman–Crippen MR) is 48.7 cm³/mol. The van der Waals surface area contributed by atoms with E-state index < -0.39 is 0 Å². The van der Waals surface area contributed by atoms with Gasteiger partial charge in [0.05, 0.1) is 6.54 Å². The van der Waals surface area contributed by atoms with Gasteiger partial charge in [-0.15, -0.1) is 0 Å². The number of aromatic nitrogens is 2. The molecule has 0 amide bonds. The average Bonchev–Trinajstić information content (AvgIpc) is 2.50. The van der Waals surface area contributed by atoms with Gasteiger partial charge in [0.15, 0.2) is 0 Å². The Bertz CT molecular complexity index is 174. The number of imidazole rings is 1. The quantitative estimate of drug-likeness (QED) is 0.646. The third kappa shape index (κ3) is 3.43. The lowest BCUT2D eigenvalue weighted by atomic mass is 10.6. The summed E-state index contributed by atoms with van der Waals surface area (Å²) in [6, 6.07) is 0. The van der Waals surface area contributed by atoms with Crippen LogP contribution in [-0.4, -0.2) is 28.5 Å². The Balaban J connectivity index is 2.04. The van der Waals surface area contributed by atoms with E-state index in [1.54, 1.807) is 6.20 Å². The maximum absolute atomic E-state index is 4.09. The number of nitrogens with zero attached hydrogens (tertiary/aromatic N) is 1. The minimum Gasteiger partial charge on any atom is -0.348 e. The molecule has 0 saturated carbocycles. The molecule has 0 aromatic carbocycles. The second-order valence-corrected chi connectivity index (χ2v) is 3.19. The molecule has 3 nitrogen and oxygen atoms in total. The summed E-state index contributed by atoms with van der Waals surface area (Å²) >= 11 is 1.85. The maximum Gasteiger partial charge on any atom is 0.120 e. The van der Waals surface area contributed by atoms with Crippen LogP contribution in [0.5, 0.6) is 0 Å². The summed E-state index contributed by atoms with van der Waals surface area (Å²) in [6.45, 7) is 1.88. The van der Waals surface area contributed by atoms with Crippen molar-refractivity contribution >= 4 is 11.8 Å². The minimum absolute atomic E-state index is 0.841. The maximum atomic E-state index is 4.09. The molecule has 4 heteroatoms. The molecule has 0 bridgehead atoms. The first kappa shape index (κ1) is 8.62. The van der Waals surface area contributed by atoms with Crippen molar-refractivity contribution in [3.63, 3.8) is 0 Å². The van der Waals surface area contributed by atoms with Crippen molar-refractivity contribution in [3.8, 4) is 0 Å². The number of hydrogen-bond donors (Lipinski definition) is 2. The fraction of sp³-hybridized carbons (Fsp3) is 0.571. The number of rotatable bonds is 5.